The molecule has 2 fully saturated rings. The van der Waals surface area contributed by atoms with Crippen LogP contribution in [0.15, 0.2) is 0 Å². The molecule has 2 heterocycles. The lowest BCUT2D eigenvalue weighted by molar-refractivity contribution is -0.0686. The second kappa shape index (κ2) is 2.64. The average Bonchev–Trinajstić information content (AvgIpc) is 2.07. The summed E-state index contributed by atoms with van der Waals surface area (Å²) in [6.45, 7) is 2.01. The van der Waals surface area contributed by atoms with Crippen LogP contribution in [0.1, 0.15) is 6.42 Å². The van der Waals surface area contributed by atoms with E-state index in [1.807, 2.05) is 0 Å². The lowest BCUT2D eigenvalue weighted by atomic mass is 9.92. The Morgan fingerprint density at radius 2 is 2.20 bits per heavy atom. The summed E-state index contributed by atoms with van der Waals surface area (Å²) in [5.74, 6) is 0. The fourth-order valence-electron chi connectivity index (χ4n) is 1.41. The van der Waals surface area contributed by atoms with Gasteiger partial charge in [-0.1, -0.05) is 0 Å². The highest BCUT2D eigenvalue weighted by Crippen LogP contribution is 2.31. The summed E-state index contributed by atoms with van der Waals surface area (Å²) in [5.41, 5.74) is -0.403. The lowest BCUT2D eigenvalue weighted by Crippen LogP contribution is -2.63. The van der Waals surface area contributed by atoms with E-state index in [0.29, 0.717) is 26.1 Å². The minimum absolute atomic E-state index is 0. The minimum atomic E-state index is -0.723. The Bertz CT molecular complexity index is 129. The van der Waals surface area contributed by atoms with Crippen molar-refractivity contribution in [2.75, 3.05) is 19.7 Å². The molecule has 2 saturated heterocycles. The zero-order chi connectivity index (χ0) is 6.32. The van der Waals surface area contributed by atoms with E-state index in [4.69, 9.17) is 4.74 Å². The van der Waals surface area contributed by atoms with Gasteiger partial charge in [-0.15, -0.1) is 12.4 Å². The van der Waals surface area contributed by atoms with Gasteiger partial charge in [0.2, 0.25) is 0 Å². The predicted octanol–water partition coefficient (Wildman–Crippen LogP) is 0.509. The van der Waals surface area contributed by atoms with E-state index >= 15 is 0 Å². The normalized spacial score (nSPS) is 35.1. The van der Waals surface area contributed by atoms with Crippen LogP contribution in [0.5, 0.6) is 0 Å². The number of rotatable bonds is 0. The van der Waals surface area contributed by atoms with Crippen molar-refractivity contribution in [2.45, 2.75) is 18.2 Å². The predicted molar refractivity (Wildman–Crippen MR) is 38.3 cm³/mol. The first-order valence-electron chi connectivity index (χ1n) is 3.32. The summed E-state index contributed by atoms with van der Waals surface area (Å²) >= 11 is 0. The maximum Gasteiger partial charge on any atom is 0.134 e. The van der Waals surface area contributed by atoms with E-state index in [9.17, 15) is 4.39 Å². The molecule has 2 aliphatic heterocycles. The standard InChI is InChI=1S/C6H10FNO.ClH/c7-5-1-2-9-6(5)3-8-4-6;/h5,8H,1-4H2;1H. The summed E-state index contributed by atoms with van der Waals surface area (Å²) in [7, 11) is 0. The number of alkyl halides is 1. The quantitative estimate of drug-likeness (QED) is 0.568. The molecule has 0 bridgehead atoms. The molecule has 2 nitrogen and oxygen atoms in total. The van der Waals surface area contributed by atoms with Gasteiger partial charge in [0.1, 0.15) is 11.8 Å². The first-order chi connectivity index (χ1) is 4.33. The van der Waals surface area contributed by atoms with Crippen molar-refractivity contribution in [3.8, 4) is 0 Å². The largest absolute Gasteiger partial charge is 0.369 e. The fraction of sp³-hybridized carbons (Fsp3) is 1.00. The van der Waals surface area contributed by atoms with Crippen LogP contribution in [0, 0.1) is 0 Å². The molecule has 0 aliphatic carbocycles. The van der Waals surface area contributed by atoms with Crippen LogP contribution in [0.25, 0.3) is 0 Å². The maximum absolute atomic E-state index is 12.9. The number of halogens is 2. The van der Waals surface area contributed by atoms with Gasteiger partial charge in [0.25, 0.3) is 0 Å². The Balaban J connectivity index is 0.000000500. The van der Waals surface area contributed by atoms with Crippen molar-refractivity contribution in [1.29, 1.82) is 0 Å². The molecule has 1 spiro atoms. The first-order valence-corrected chi connectivity index (χ1v) is 3.32. The van der Waals surface area contributed by atoms with Gasteiger partial charge in [-0.2, -0.15) is 0 Å². The Hall–Kier alpha value is 0.140. The van der Waals surface area contributed by atoms with Crippen molar-refractivity contribution in [3.05, 3.63) is 0 Å². The van der Waals surface area contributed by atoms with Crippen LogP contribution < -0.4 is 5.32 Å². The number of ether oxygens (including phenoxy) is 1. The number of hydrogen-bond acceptors (Lipinski definition) is 2. The summed E-state index contributed by atoms with van der Waals surface area (Å²) in [6.07, 6.45) is -0.138. The zero-order valence-corrected chi connectivity index (χ0v) is 6.42. The first kappa shape index (κ1) is 8.24. The van der Waals surface area contributed by atoms with Crippen molar-refractivity contribution < 1.29 is 9.13 Å². The smallest absolute Gasteiger partial charge is 0.134 e. The van der Waals surface area contributed by atoms with E-state index in [0.717, 1.165) is 0 Å². The third-order valence-corrected chi connectivity index (χ3v) is 2.18. The second-order valence-electron chi connectivity index (χ2n) is 2.77. The lowest BCUT2D eigenvalue weighted by Gasteiger charge is -2.39. The molecule has 0 saturated carbocycles. The molecule has 10 heavy (non-hydrogen) atoms. The summed E-state index contributed by atoms with van der Waals surface area (Å²) in [4.78, 5) is 0. The average molecular weight is 168 g/mol. The van der Waals surface area contributed by atoms with Gasteiger partial charge < -0.3 is 10.1 Å². The SMILES string of the molecule is Cl.FC1CCOC12CNC2. The van der Waals surface area contributed by atoms with Gasteiger partial charge in [0.05, 0.1) is 6.61 Å². The van der Waals surface area contributed by atoms with Crippen LogP contribution in [-0.2, 0) is 4.74 Å². The van der Waals surface area contributed by atoms with Gasteiger partial charge in [0.15, 0.2) is 0 Å². The summed E-state index contributed by atoms with van der Waals surface area (Å²) < 4.78 is 18.1. The topological polar surface area (TPSA) is 21.3 Å². The van der Waals surface area contributed by atoms with Crippen molar-refractivity contribution in [1.82, 2.24) is 5.32 Å². The van der Waals surface area contributed by atoms with E-state index in [2.05, 4.69) is 5.32 Å². The van der Waals surface area contributed by atoms with E-state index in [1.54, 1.807) is 0 Å². The maximum atomic E-state index is 12.9. The van der Waals surface area contributed by atoms with Crippen LogP contribution >= 0.6 is 12.4 Å². The molecule has 2 aliphatic rings. The van der Waals surface area contributed by atoms with Gasteiger partial charge in [-0.05, 0) is 0 Å². The number of nitrogens with one attached hydrogen (secondary N) is 1. The van der Waals surface area contributed by atoms with Crippen LogP contribution in [0.4, 0.5) is 4.39 Å². The van der Waals surface area contributed by atoms with Gasteiger partial charge in [-0.3, -0.25) is 0 Å². The molecule has 1 N–H and O–H groups in total. The molecule has 0 amide bonds. The Morgan fingerprint density at radius 1 is 1.50 bits per heavy atom. The monoisotopic (exact) mass is 167 g/mol. The van der Waals surface area contributed by atoms with Crippen LogP contribution in [-0.4, -0.2) is 31.5 Å². The summed E-state index contributed by atoms with van der Waals surface area (Å²) in [5, 5.41) is 3.01. The van der Waals surface area contributed by atoms with Crippen molar-refractivity contribution >= 4 is 12.4 Å². The molecule has 0 aromatic heterocycles. The Labute approximate surface area is 65.5 Å². The minimum Gasteiger partial charge on any atom is -0.369 e. The molecular weight excluding hydrogens is 157 g/mol. The van der Waals surface area contributed by atoms with Crippen LogP contribution in [0.2, 0.25) is 0 Å². The fourth-order valence-corrected chi connectivity index (χ4v) is 1.41. The zero-order valence-electron chi connectivity index (χ0n) is 5.60. The van der Waals surface area contributed by atoms with Crippen LogP contribution in [0.3, 0.4) is 0 Å². The Kier molecular flexibility index (Phi) is 2.18. The van der Waals surface area contributed by atoms with E-state index in [-0.39, 0.29) is 12.4 Å². The Morgan fingerprint density at radius 3 is 2.40 bits per heavy atom. The van der Waals surface area contributed by atoms with E-state index < -0.39 is 11.8 Å². The van der Waals surface area contributed by atoms with E-state index in [1.165, 1.54) is 0 Å². The van der Waals surface area contributed by atoms with Crippen molar-refractivity contribution in [2.24, 2.45) is 0 Å². The molecule has 2 rings (SSSR count). The molecule has 1 atom stereocenters. The molecule has 1 unspecified atom stereocenters. The molecule has 60 valence electrons. The molecule has 0 radical (unpaired) electrons. The highest BCUT2D eigenvalue weighted by molar-refractivity contribution is 5.85. The van der Waals surface area contributed by atoms with Gasteiger partial charge >= 0.3 is 0 Å². The molecule has 0 aromatic carbocycles. The second-order valence-corrected chi connectivity index (χ2v) is 2.77. The third-order valence-electron chi connectivity index (χ3n) is 2.18. The van der Waals surface area contributed by atoms with Gasteiger partial charge in [-0.25, -0.2) is 4.39 Å². The molecular formula is C6H11ClFNO. The van der Waals surface area contributed by atoms with Crippen molar-refractivity contribution in [3.63, 3.8) is 0 Å². The van der Waals surface area contributed by atoms with Gasteiger partial charge in [0, 0.05) is 19.5 Å². The summed E-state index contributed by atoms with van der Waals surface area (Å²) in [6, 6.07) is 0. The molecule has 0 aromatic rings. The highest BCUT2D eigenvalue weighted by Gasteiger charge is 2.49. The highest BCUT2D eigenvalue weighted by atomic mass is 35.5. The molecule has 4 heteroatoms. The third kappa shape index (κ3) is 0.929. The number of hydrogen-bond donors (Lipinski definition) is 1.